The summed E-state index contributed by atoms with van der Waals surface area (Å²) in [5.41, 5.74) is 2.38. The number of nitrogens with zero attached hydrogens (tertiary/aromatic N) is 4. The molecule has 1 amide bonds. The SMILES string of the molecule is CCNC(=NCc1ccc(COC(C)C)cc1)N1CCN(C(C)C(=O)N2CCCC2)CC1.I. The van der Waals surface area contributed by atoms with Crippen LogP contribution in [0.2, 0.25) is 0 Å². The smallest absolute Gasteiger partial charge is 0.239 e. The van der Waals surface area contributed by atoms with Crippen LogP contribution in [0, 0.1) is 0 Å². The van der Waals surface area contributed by atoms with E-state index in [0.29, 0.717) is 19.1 Å². The van der Waals surface area contributed by atoms with Gasteiger partial charge < -0.3 is 19.9 Å². The van der Waals surface area contributed by atoms with Crippen molar-refractivity contribution in [3.8, 4) is 0 Å². The number of hydrogen-bond donors (Lipinski definition) is 1. The van der Waals surface area contributed by atoms with Crippen molar-refractivity contribution in [2.24, 2.45) is 4.99 Å². The minimum Gasteiger partial charge on any atom is -0.374 e. The number of benzene rings is 1. The van der Waals surface area contributed by atoms with Crippen molar-refractivity contribution in [3.05, 3.63) is 35.4 Å². The molecule has 0 spiro atoms. The molecule has 0 bridgehead atoms. The van der Waals surface area contributed by atoms with E-state index in [0.717, 1.165) is 64.6 Å². The summed E-state index contributed by atoms with van der Waals surface area (Å²) in [6, 6.07) is 8.48. The standard InChI is InChI=1S/C25H41N5O2.HI/c1-5-26-25(27-18-22-8-10-23(11-9-22)19-32-20(2)3)30-16-14-28(15-17-30)21(4)24(31)29-12-6-7-13-29;/h8-11,20-21H,5-7,12-19H2,1-4H3,(H,26,27);1H. The number of carbonyl (C=O) groups is 1. The van der Waals surface area contributed by atoms with E-state index in [4.69, 9.17) is 9.73 Å². The number of hydrogen-bond acceptors (Lipinski definition) is 4. The average Bonchev–Trinajstić information content (AvgIpc) is 3.35. The van der Waals surface area contributed by atoms with Gasteiger partial charge in [-0.05, 0) is 51.7 Å². The van der Waals surface area contributed by atoms with Gasteiger partial charge in [-0.3, -0.25) is 9.69 Å². The van der Waals surface area contributed by atoms with Gasteiger partial charge in [-0.25, -0.2) is 4.99 Å². The van der Waals surface area contributed by atoms with Crippen LogP contribution in [0.3, 0.4) is 0 Å². The Labute approximate surface area is 216 Å². The monoisotopic (exact) mass is 571 g/mol. The van der Waals surface area contributed by atoms with Gasteiger partial charge >= 0.3 is 0 Å². The minimum atomic E-state index is -0.0343. The van der Waals surface area contributed by atoms with Crippen molar-refractivity contribution in [2.45, 2.75) is 65.8 Å². The minimum absolute atomic E-state index is 0. The third-order valence-electron chi connectivity index (χ3n) is 6.29. The van der Waals surface area contributed by atoms with Gasteiger partial charge in [0, 0.05) is 45.8 Å². The molecular weight excluding hydrogens is 529 g/mol. The van der Waals surface area contributed by atoms with Crippen LogP contribution >= 0.6 is 24.0 Å². The summed E-state index contributed by atoms with van der Waals surface area (Å²) in [6.45, 7) is 15.8. The quantitative estimate of drug-likeness (QED) is 0.295. The zero-order valence-corrected chi connectivity index (χ0v) is 23.1. The molecule has 1 aromatic carbocycles. The Morgan fingerprint density at radius 1 is 0.970 bits per heavy atom. The molecule has 3 rings (SSSR count). The molecule has 1 atom stereocenters. The summed E-state index contributed by atoms with van der Waals surface area (Å²) in [6.07, 6.45) is 2.52. The van der Waals surface area contributed by atoms with Gasteiger partial charge in [-0.1, -0.05) is 24.3 Å². The topological polar surface area (TPSA) is 60.4 Å². The summed E-state index contributed by atoms with van der Waals surface area (Å²) < 4.78 is 5.67. The number of guanidine groups is 1. The fraction of sp³-hybridized carbons (Fsp3) is 0.680. The molecule has 2 heterocycles. The van der Waals surface area contributed by atoms with Gasteiger partial charge in [0.15, 0.2) is 5.96 Å². The molecule has 1 aromatic rings. The van der Waals surface area contributed by atoms with E-state index < -0.39 is 0 Å². The van der Waals surface area contributed by atoms with Crippen LogP contribution in [0.1, 0.15) is 51.7 Å². The lowest BCUT2D eigenvalue weighted by atomic mass is 10.1. The van der Waals surface area contributed by atoms with Gasteiger partial charge in [0.25, 0.3) is 0 Å². The molecule has 1 unspecified atom stereocenters. The number of amides is 1. The molecule has 0 saturated carbocycles. The fourth-order valence-corrected chi connectivity index (χ4v) is 4.27. The first kappa shape index (κ1) is 27.9. The van der Waals surface area contributed by atoms with E-state index in [1.54, 1.807) is 0 Å². The maximum absolute atomic E-state index is 12.7. The molecule has 2 fully saturated rings. The van der Waals surface area contributed by atoms with E-state index in [2.05, 4.69) is 67.1 Å². The van der Waals surface area contributed by atoms with Crippen LogP contribution in [-0.2, 0) is 22.7 Å². The molecule has 7 nitrogen and oxygen atoms in total. The third-order valence-corrected chi connectivity index (χ3v) is 6.29. The predicted molar refractivity (Wildman–Crippen MR) is 145 cm³/mol. The van der Waals surface area contributed by atoms with Gasteiger partial charge in [0.1, 0.15) is 0 Å². The number of carbonyl (C=O) groups excluding carboxylic acids is 1. The van der Waals surface area contributed by atoms with Crippen molar-refractivity contribution < 1.29 is 9.53 Å². The van der Waals surface area contributed by atoms with Gasteiger partial charge in [-0.15, -0.1) is 24.0 Å². The van der Waals surface area contributed by atoms with E-state index in [9.17, 15) is 4.79 Å². The van der Waals surface area contributed by atoms with Crippen molar-refractivity contribution >= 4 is 35.8 Å². The zero-order valence-electron chi connectivity index (χ0n) is 20.8. The zero-order chi connectivity index (χ0) is 22.9. The maximum Gasteiger partial charge on any atom is 0.239 e. The second kappa shape index (κ2) is 14.1. The number of nitrogens with one attached hydrogen (secondary N) is 1. The number of likely N-dealkylation sites (tertiary alicyclic amines) is 1. The summed E-state index contributed by atoms with van der Waals surface area (Å²) in [5, 5.41) is 3.44. The largest absolute Gasteiger partial charge is 0.374 e. The predicted octanol–water partition coefficient (Wildman–Crippen LogP) is 3.32. The summed E-state index contributed by atoms with van der Waals surface area (Å²) in [5.74, 6) is 1.25. The highest BCUT2D eigenvalue weighted by molar-refractivity contribution is 14.0. The highest BCUT2D eigenvalue weighted by atomic mass is 127. The maximum atomic E-state index is 12.7. The molecular formula is C25H42IN5O2. The molecule has 2 aliphatic rings. The Bertz CT molecular complexity index is 742. The van der Waals surface area contributed by atoms with E-state index >= 15 is 0 Å². The first-order chi connectivity index (χ1) is 15.5. The van der Waals surface area contributed by atoms with Crippen LogP contribution < -0.4 is 5.32 Å². The lowest BCUT2D eigenvalue weighted by Crippen LogP contribution is -2.57. The second-order valence-electron chi connectivity index (χ2n) is 9.08. The molecule has 33 heavy (non-hydrogen) atoms. The van der Waals surface area contributed by atoms with Gasteiger partial charge in [-0.2, -0.15) is 0 Å². The number of piperazine rings is 1. The summed E-state index contributed by atoms with van der Waals surface area (Å²) in [7, 11) is 0. The van der Waals surface area contributed by atoms with Crippen molar-refractivity contribution in [2.75, 3.05) is 45.8 Å². The number of aliphatic imine (C=N–C) groups is 1. The van der Waals surface area contributed by atoms with Crippen LogP contribution in [-0.4, -0.2) is 84.5 Å². The Hall–Kier alpha value is -1.39. The van der Waals surface area contributed by atoms with Crippen molar-refractivity contribution in [1.29, 1.82) is 0 Å². The number of halogens is 1. The Morgan fingerprint density at radius 2 is 1.58 bits per heavy atom. The van der Waals surface area contributed by atoms with Crippen LogP contribution in [0.15, 0.2) is 29.3 Å². The molecule has 0 radical (unpaired) electrons. The first-order valence-electron chi connectivity index (χ1n) is 12.2. The molecule has 0 aliphatic carbocycles. The van der Waals surface area contributed by atoms with Gasteiger partial charge in [0.2, 0.25) is 5.91 Å². The summed E-state index contributed by atoms with van der Waals surface area (Å²) in [4.78, 5) is 24.3. The molecule has 8 heteroatoms. The lowest BCUT2D eigenvalue weighted by molar-refractivity contribution is -0.135. The third kappa shape index (κ3) is 8.40. The van der Waals surface area contributed by atoms with Gasteiger partial charge in [0.05, 0.1) is 25.3 Å². The highest BCUT2D eigenvalue weighted by Gasteiger charge is 2.30. The molecule has 2 saturated heterocycles. The Balaban J connectivity index is 0.00000385. The van der Waals surface area contributed by atoms with Crippen LogP contribution in [0.4, 0.5) is 0 Å². The van der Waals surface area contributed by atoms with E-state index in [-0.39, 0.29) is 36.1 Å². The average molecular weight is 572 g/mol. The van der Waals surface area contributed by atoms with E-state index in [1.807, 2.05) is 4.90 Å². The normalized spacial score (nSPS) is 18.4. The van der Waals surface area contributed by atoms with Crippen molar-refractivity contribution in [3.63, 3.8) is 0 Å². The number of ether oxygens (including phenoxy) is 1. The Morgan fingerprint density at radius 3 is 2.15 bits per heavy atom. The van der Waals surface area contributed by atoms with Crippen LogP contribution in [0.25, 0.3) is 0 Å². The van der Waals surface area contributed by atoms with E-state index in [1.165, 1.54) is 11.1 Å². The molecule has 186 valence electrons. The van der Waals surface area contributed by atoms with Crippen LogP contribution in [0.5, 0.6) is 0 Å². The Kier molecular flexibility index (Phi) is 11.9. The summed E-state index contributed by atoms with van der Waals surface area (Å²) >= 11 is 0. The molecule has 1 N–H and O–H groups in total. The van der Waals surface area contributed by atoms with Crippen molar-refractivity contribution in [1.82, 2.24) is 20.0 Å². The number of rotatable bonds is 8. The molecule has 2 aliphatic heterocycles. The fourth-order valence-electron chi connectivity index (χ4n) is 4.27. The second-order valence-corrected chi connectivity index (χ2v) is 9.08. The highest BCUT2D eigenvalue weighted by Crippen LogP contribution is 2.14. The first-order valence-corrected chi connectivity index (χ1v) is 12.2. The lowest BCUT2D eigenvalue weighted by Gasteiger charge is -2.39. The molecule has 0 aromatic heterocycles.